The standard InChI is InChI=1S/C21H21NO3/c23-19(22-18(20(24)25)15-8-2-1-3-9-15)17-13-21(17)12-6-10-14-7-4-5-11-16(14)21/h1-5,7-9,11,17-18H,6,10,12-13H2,(H,22,23)(H,24,25). The fraction of sp³-hybridized carbons (Fsp3) is 0.333. The number of carboxylic acids is 1. The number of nitrogens with one attached hydrogen (secondary N) is 1. The summed E-state index contributed by atoms with van der Waals surface area (Å²) in [7, 11) is 0. The Morgan fingerprint density at radius 3 is 2.56 bits per heavy atom. The van der Waals surface area contributed by atoms with Crippen LogP contribution >= 0.6 is 0 Å². The van der Waals surface area contributed by atoms with Gasteiger partial charge in [-0.05, 0) is 42.4 Å². The second-order valence-corrected chi connectivity index (χ2v) is 7.11. The maximum absolute atomic E-state index is 12.8. The number of carbonyl (C=O) groups excluding carboxylic acids is 1. The highest BCUT2D eigenvalue weighted by molar-refractivity contribution is 5.89. The van der Waals surface area contributed by atoms with Gasteiger partial charge in [-0.3, -0.25) is 4.79 Å². The highest BCUT2D eigenvalue weighted by atomic mass is 16.4. The Labute approximate surface area is 146 Å². The van der Waals surface area contributed by atoms with Crippen molar-refractivity contribution in [2.45, 2.75) is 37.1 Å². The molecule has 25 heavy (non-hydrogen) atoms. The zero-order chi connectivity index (χ0) is 17.4. The number of carbonyl (C=O) groups is 2. The Bertz CT molecular complexity index is 817. The van der Waals surface area contributed by atoms with Gasteiger partial charge in [0.15, 0.2) is 6.04 Å². The summed E-state index contributed by atoms with van der Waals surface area (Å²) in [6.07, 6.45) is 3.97. The average Bonchev–Trinajstić information content (AvgIpc) is 3.35. The van der Waals surface area contributed by atoms with Crippen molar-refractivity contribution in [2.75, 3.05) is 0 Å². The molecule has 4 nitrogen and oxygen atoms in total. The van der Waals surface area contributed by atoms with Crippen LogP contribution in [0, 0.1) is 5.92 Å². The highest BCUT2D eigenvalue weighted by Crippen LogP contribution is 2.60. The van der Waals surface area contributed by atoms with Gasteiger partial charge in [0.25, 0.3) is 0 Å². The molecule has 1 amide bonds. The molecule has 1 fully saturated rings. The largest absolute Gasteiger partial charge is 0.479 e. The minimum absolute atomic E-state index is 0.0847. The van der Waals surface area contributed by atoms with Crippen LogP contribution in [0.2, 0.25) is 0 Å². The lowest BCUT2D eigenvalue weighted by Gasteiger charge is -2.26. The van der Waals surface area contributed by atoms with E-state index < -0.39 is 12.0 Å². The van der Waals surface area contributed by atoms with Crippen molar-refractivity contribution < 1.29 is 14.7 Å². The lowest BCUT2D eigenvalue weighted by Crippen LogP contribution is -2.36. The molecule has 3 unspecified atom stereocenters. The summed E-state index contributed by atoms with van der Waals surface area (Å²) >= 11 is 0. The fourth-order valence-corrected chi connectivity index (χ4v) is 4.35. The zero-order valence-electron chi connectivity index (χ0n) is 13.9. The minimum atomic E-state index is -1.03. The van der Waals surface area contributed by atoms with Gasteiger partial charge in [-0.2, -0.15) is 0 Å². The summed E-state index contributed by atoms with van der Waals surface area (Å²) in [4.78, 5) is 24.4. The first-order valence-electron chi connectivity index (χ1n) is 8.78. The Kier molecular flexibility index (Phi) is 3.83. The van der Waals surface area contributed by atoms with Crippen LogP contribution < -0.4 is 5.32 Å². The van der Waals surface area contributed by atoms with Crippen LogP contribution in [-0.4, -0.2) is 17.0 Å². The van der Waals surface area contributed by atoms with Crippen molar-refractivity contribution >= 4 is 11.9 Å². The van der Waals surface area contributed by atoms with Crippen molar-refractivity contribution in [2.24, 2.45) is 5.92 Å². The van der Waals surface area contributed by atoms with Gasteiger partial charge in [0, 0.05) is 11.3 Å². The molecule has 0 radical (unpaired) electrons. The van der Waals surface area contributed by atoms with Gasteiger partial charge >= 0.3 is 5.97 Å². The molecule has 4 heteroatoms. The van der Waals surface area contributed by atoms with E-state index in [0.29, 0.717) is 5.56 Å². The van der Waals surface area contributed by atoms with Gasteiger partial charge in [0.2, 0.25) is 5.91 Å². The SMILES string of the molecule is O=C(O)C(NC(=O)C1CC12CCCc1ccccc12)c1ccccc1. The van der Waals surface area contributed by atoms with Crippen LogP contribution in [0.5, 0.6) is 0 Å². The summed E-state index contributed by atoms with van der Waals surface area (Å²) in [6, 6.07) is 16.2. The number of amides is 1. The Morgan fingerprint density at radius 1 is 1.08 bits per heavy atom. The lowest BCUT2D eigenvalue weighted by molar-refractivity contribution is -0.142. The predicted molar refractivity (Wildman–Crippen MR) is 94.1 cm³/mol. The Morgan fingerprint density at radius 2 is 1.80 bits per heavy atom. The molecule has 0 heterocycles. The molecule has 0 bridgehead atoms. The van der Waals surface area contributed by atoms with E-state index in [1.165, 1.54) is 11.1 Å². The van der Waals surface area contributed by atoms with Crippen molar-refractivity contribution in [1.82, 2.24) is 5.32 Å². The predicted octanol–water partition coefficient (Wildman–Crippen LogP) is 3.22. The maximum Gasteiger partial charge on any atom is 0.330 e. The molecular weight excluding hydrogens is 314 g/mol. The first-order valence-corrected chi connectivity index (χ1v) is 8.78. The van der Waals surface area contributed by atoms with Gasteiger partial charge in [-0.15, -0.1) is 0 Å². The third-order valence-electron chi connectivity index (χ3n) is 5.68. The van der Waals surface area contributed by atoms with Gasteiger partial charge in [0.05, 0.1) is 0 Å². The number of hydrogen-bond acceptors (Lipinski definition) is 2. The molecule has 2 aromatic carbocycles. The summed E-state index contributed by atoms with van der Waals surface area (Å²) in [6.45, 7) is 0. The molecule has 0 aliphatic heterocycles. The van der Waals surface area contributed by atoms with Crippen LogP contribution in [0.3, 0.4) is 0 Å². The van der Waals surface area contributed by atoms with E-state index in [0.717, 1.165) is 25.7 Å². The Hall–Kier alpha value is -2.62. The van der Waals surface area contributed by atoms with Crippen LogP contribution in [0.1, 0.15) is 42.0 Å². The zero-order valence-corrected chi connectivity index (χ0v) is 13.9. The van der Waals surface area contributed by atoms with Gasteiger partial charge in [-0.25, -0.2) is 4.79 Å². The van der Waals surface area contributed by atoms with E-state index in [2.05, 4.69) is 17.4 Å². The molecule has 128 valence electrons. The van der Waals surface area contributed by atoms with E-state index in [1.54, 1.807) is 24.3 Å². The molecular formula is C21H21NO3. The number of aryl methyl sites for hydroxylation is 1. The molecule has 4 rings (SSSR count). The van der Waals surface area contributed by atoms with Crippen LogP contribution in [0.4, 0.5) is 0 Å². The fourth-order valence-electron chi connectivity index (χ4n) is 4.35. The monoisotopic (exact) mass is 335 g/mol. The normalized spacial score (nSPS) is 25.0. The first-order chi connectivity index (χ1) is 12.1. The second-order valence-electron chi connectivity index (χ2n) is 7.11. The summed E-state index contributed by atoms with van der Waals surface area (Å²) in [5, 5.41) is 12.3. The number of hydrogen-bond donors (Lipinski definition) is 2. The van der Waals surface area contributed by atoms with Crippen LogP contribution in [0.25, 0.3) is 0 Å². The van der Waals surface area contributed by atoms with Gasteiger partial charge in [0.1, 0.15) is 0 Å². The number of aliphatic carboxylic acids is 1. The topological polar surface area (TPSA) is 66.4 Å². The van der Waals surface area contributed by atoms with Crippen LogP contribution in [-0.2, 0) is 21.4 Å². The van der Waals surface area contributed by atoms with Crippen molar-refractivity contribution in [3.8, 4) is 0 Å². The summed E-state index contributed by atoms with van der Waals surface area (Å²) in [5.41, 5.74) is 3.13. The van der Waals surface area contributed by atoms with E-state index in [9.17, 15) is 14.7 Å². The Balaban J connectivity index is 1.55. The number of rotatable bonds is 4. The molecule has 2 aromatic rings. The van der Waals surface area contributed by atoms with E-state index in [4.69, 9.17) is 0 Å². The molecule has 1 spiro atoms. The lowest BCUT2D eigenvalue weighted by atomic mass is 9.78. The molecule has 0 aromatic heterocycles. The quantitative estimate of drug-likeness (QED) is 0.901. The molecule has 3 atom stereocenters. The third kappa shape index (κ3) is 2.72. The molecule has 1 saturated carbocycles. The first kappa shape index (κ1) is 15.9. The third-order valence-corrected chi connectivity index (χ3v) is 5.68. The molecule has 2 aliphatic carbocycles. The number of carboxylic acid groups (broad SMARTS) is 1. The van der Waals surface area contributed by atoms with Crippen molar-refractivity contribution in [3.05, 3.63) is 71.3 Å². The second kappa shape index (κ2) is 6.03. The van der Waals surface area contributed by atoms with Crippen LogP contribution in [0.15, 0.2) is 54.6 Å². The highest BCUT2D eigenvalue weighted by Gasteiger charge is 2.60. The number of fused-ring (bicyclic) bond motifs is 2. The van der Waals surface area contributed by atoms with Gasteiger partial charge < -0.3 is 10.4 Å². The summed E-state index contributed by atoms with van der Waals surface area (Å²) in [5.74, 6) is -1.30. The summed E-state index contributed by atoms with van der Waals surface area (Å²) < 4.78 is 0. The molecule has 2 N–H and O–H groups in total. The van der Waals surface area contributed by atoms with E-state index in [-0.39, 0.29) is 17.2 Å². The van der Waals surface area contributed by atoms with E-state index >= 15 is 0 Å². The van der Waals surface area contributed by atoms with Crippen molar-refractivity contribution in [3.63, 3.8) is 0 Å². The van der Waals surface area contributed by atoms with Crippen molar-refractivity contribution in [1.29, 1.82) is 0 Å². The molecule has 2 aliphatic rings. The minimum Gasteiger partial charge on any atom is -0.479 e. The molecule has 0 saturated heterocycles. The van der Waals surface area contributed by atoms with Gasteiger partial charge in [-0.1, -0.05) is 54.6 Å². The van der Waals surface area contributed by atoms with E-state index in [1.807, 2.05) is 18.2 Å². The maximum atomic E-state index is 12.8. The smallest absolute Gasteiger partial charge is 0.330 e. The average molecular weight is 335 g/mol. The number of benzene rings is 2.